The Kier molecular flexibility index (Phi) is 3.95. The van der Waals surface area contributed by atoms with Crippen LogP contribution < -0.4 is 4.90 Å². The maximum atomic E-state index is 12.8. The van der Waals surface area contributed by atoms with Crippen LogP contribution in [0.4, 0.5) is 5.82 Å². The Bertz CT molecular complexity index is 1080. The number of sulfonamides is 1. The van der Waals surface area contributed by atoms with Gasteiger partial charge in [-0.1, -0.05) is 0 Å². The van der Waals surface area contributed by atoms with E-state index >= 15 is 0 Å². The molecule has 10 nitrogen and oxygen atoms in total. The molecule has 2 atom stereocenters. The fourth-order valence-electron chi connectivity index (χ4n) is 4.05. The summed E-state index contributed by atoms with van der Waals surface area (Å²) in [6.07, 6.45) is 8.05. The summed E-state index contributed by atoms with van der Waals surface area (Å²) in [7, 11) is -1.77. The Morgan fingerprint density at radius 1 is 1.04 bits per heavy atom. The predicted octanol–water partition coefficient (Wildman–Crippen LogP) is 0.153. The van der Waals surface area contributed by atoms with Crippen molar-refractivity contribution >= 4 is 15.8 Å². The molecule has 0 spiro atoms. The van der Waals surface area contributed by atoms with E-state index in [1.54, 1.807) is 34.8 Å². The summed E-state index contributed by atoms with van der Waals surface area (Å²) in [4.78, 5) is 11.1. The lowest BCUT2D eigenvalue weighted by Crippen LogP contribution is -2.33. The van der Waals surface area contributed by atoms with E-state index in [0.717, 1.165) is 18.9 Å². The van der Waals surface area contributed by atoms with Crippen LogP contribution in [0.1, 0.15) is 0 Å². The summed E-state index contributed by atoms with van der Waals surface area (Å²) in [5, 5.41) is 8.20. The number of anilines is 1. The van der Waals surface area contributed by atoms with Gasteiger partial charge >= 0.3 is 0 Å². The van der Waals surface area contributed by atoms with Gasteiger partial charge in [0.2, 0.25) is 10.0 Å². The first-order valence-electron chi connectivity index (χ1n) is 9.06. The van der Waals surface area contributed by atoms with Crippen molar-refractivity contribution in [1.29, 1.82) is 0 Å². The lowest BCUT2D eigenvalue weighted by atomic mass is 10.0. The van der Waals surface area contributed by atoms with E-state index in [4.69, 9.17) is 0 Å². The largest absolute Gasteiger partial charge is 0.356 e. The van der Waals surface area contributed by atoms with Crippen LogP contribution in [0.3, 0.4) is 0 Å². The minimum Gasteiger partial charge on any atom is -0.356 e. The zero-order valence-electron chi connectivity index (χ0n) is 15.3. The lowest BCUT2D eigenvalue weighted by molar-refractivity contribution is 0.453. The third kappa shape index (κ3) is 2.87. The standard InChI is InChI=1S/C17H20N8O2S/c1-22-11-15(6-21-22)28(26,27)24-9-13-7-23(8-14(13)10-24)16-5-17(19-12-18-16)25-4-2-3-20-25/h2-6,11-14H,7-10H2,1H3. The van der Waals surface area contributed by atoms with Crippen molar-refractivity contribution in [3.05, 3.63) is 43.2 Å². The van der Waals surface area contributed by atoms with Crippen molar-refractivity contribution in [2.75, 3.05) is 31.1 Å². The van der Waals surface area contributed by atoms with Gasteiger partial charge < -0.3 is 4.90 Å². The van der Waals surface area contributed by atoms with Crippen LogP contribution in [0.25, 0.3) is 5.82 Å². The highest BCUT2D eigenvalue weighted by molar-refractivity contribution is 7.89. The lowest BCUT2D eigenvalue weighted by Gasteiger charge is -2.22. The Morgan fingerprint density at radius 3 is 2.43 bits per heavy atom. The number of hydrogen-bond donors (Lipinski definition) is 0. The third-order valence-corrected chi connectivity index (χ3v) is 7.26. The monoisotopic (exact) mass is 400 g/mol. The molecule has 0 saturated carbocycles. The van der Waals surface area contributed by atoms with Gasteiger partial charge in [0, 0.05) is 57.9 Å². The van der Waals surface area contributed by atoms with E-state index in [2.05, 4.69) is 25.1 Å². The molecule has 0 amide bonds. The van der Waals surface area contributed by atoms with Crippen molar-refractivity contribution in [1.82, 2.24) is 33.8 Å². The maximum Gasteiger partial charge on any atom is 0.246 e. The second kappa shape index (κ2) is 6.38. The summed E-state index contributed by atoms with van der Waals surface area (Å²) in [6.45, 7) is 2.60. The van der Waals surface area contributed by atoms with E-state index in [9.17, 15) is 8.42 Å². The SMILES string of the molecule is Cn1cc(S(=O)(=O)N2CC3CN(c4cc(-n5cccn5)ncn4)CC3C2)cn1. The molecule has 5 heterocycles. The van der Waals surface area contributed by atoms with E-state index in [-0.39, 0.29) is 16.7 Å². The summed E-state index contributed by atoms with van der Waals surface area (Å²) in [5.41, 5.74) is 0. The van der Waals surface area contributed by atoms with E-state index in [1.807, 2.05) is 18.3 Å². The Balaban J connectivity index is 1.31. The highest BCUT2D eigenvalue weighted by atomic mass is 32.2. The van der Waals surface area contributed by atoms with Crippen LogP contribution in [0.2, 0.25) is 0 Å². The van der Waals surface area contributed by atoms with Crippen LogP contribution in [0, 0.1) is 11.8 Å². The number of fused-ring (bicyclic) bond motifs is 1. The molecule has 2 aliphatic heterocycles. The molecule has 0 aliphatic carbocycles. The molecule has 28 heavy (non-hydrogen) atoms. The van der Waals surface area contributed by atoms with Crippen LogP contribution in [-0.4, -0.2) is 68.4 Å². The molecule has 0 aromatic carbocycles. The van der Waals surface area contributed by atoms with Gasteiger partial charge in [0.15, 0.2) is 5.82 Å². The van der Waals surface area contributed by atoms with Gasteiger partial charge in [-0.05, 0) is 17.9 Å². The van der Waals surface area contributed by atoms with Gasteiger partial charge in [0.25, 0.3) is 0 Å². The van der Waals surface area contributed by atoms with Crippen LogP contribution in [0.5, 0.6) is 0 Å². The average molecular weight is 400 g/mol. The molecule has 3 aromatic rings. The fraction of sp³-hybridized carbons (Fsp3) is 0.412. The van der Waals surface area contributed by atoms with E-state index in [1.165, 1.54) is 10.9 Å². The highest BCUT2D eigenvalue weighted by Gasteiger charge is 2.44. The molecule has 5 rings (SSSR count). The topological polar surface area (TPSA) is 102 Å². The zero-order chi connectivity index (χ0) is 19.3. The van der Waals surface area contributed by atoms with Crippen LogP contribution in [0.15, 0.2) is 48.1 Å². The molecule has 0 bridgehead atoms. The smallest absolute Gasteiger partial charge is 0.246 e. The second-order valence-corrected chi connectivity index (χ2v) is 9.22. The van der Waals surface area contributed by atoms with Crippen molar-refractivity contribution in [3.8, 4) is 5.82 Å². The minimum absolute atomic E-state index is 0.256. The molecule has 0 N–H and O–H groups in total. The quantitative estimate of drug-likeness (QED) is 0.614. The average Bonchev–Trinajstić information content (AvgIpc) is 3.44. The van der Waals surface area contributed by atoms with E-state index in [0.29, 0.717) is 18.9 Å². The van der Waals surface area contributed by atoms with Crippen molar-refractivity contribution in [2.45, 2.75) is 4.90 Å². The Labute approximate surface area is 162 Å². The van der Waals surface area contributed by atoms with Gasteiger partial charge in [-0.15, -0.1) is 0 Å². The molecule has 2 unspecified atom stereocenters. The molecule has 11 heteroatoms. The van der Waals surface area contributed by atoms with Crippen LogP contribution >= 0.6 is 0 Å². The first-order chi connectivity index (χ1) is 13.5. The fourth-order valence-corrected chi connectivity index (χ4v) is 5.59. The Morgan fingerprint density at radius 2 is 1.79 bits per heavy atom. The molecular weight excluding hydrogens is 380 g/mol. The van der Waals surface area contributed by atoms with Crippen molar-refractivity contribution in [2.24, 2.45) is 18.9 Å². The summed E-state index contributed by atoms with van der Waals surface area (Å²) in [6, 6.07) is 3.76. The van der Waals surface area contributed by atoms with Gasteiger partial charge in [-0.3, -0.25) is 4.68 Å². The van der Waals surface area contributed by atoms with Gasteiger partial charge in [-0.2, -0.15) is 14.5 Å². The molecule has 2 fully saturated rings. The number of rotatable bonds is 4. The van der Waals surface area contributed by atoms with E-state index < -0.39 is 10.0 Å². The van der Waals surface area contributed by atoms with Gasteiger partial charge in [-0.25, -0.2) is 23.1 Å². The summed E-state index contributed by atoms with van der Waals surface area (Å²) >= 11 is 0. The molecule has 0 radical (unpaired) electrons. The number of aromatic nitrogens is 6. The van der Waals surface area contributed by atoms with Crippen molar-refractivity contribution in [3.63, 3.8) is 0 Å². The first-order valence-corrected chi connectivity index (χ1v) is 10.5. The number of nitrogens with zero attached hydrogens (tertiary/aromatic N) is 8. The third-order valence-electron chi connectivity index (χ3n) is 5.47. The highest BCUT2D eigenvalue weighted by Crippen LogP contribution is 2.35. The molecule has 146 valence electrons. The minimum atomic E-state index is -3.48. The van der Waals surface area contributed by atoms with Crippen molar-refractivity contribution < 1.29 is 8.42 Å². The number of aryl methyl sites for hydroxylation is 1. The zero-order valence-corrected chi connectivity index (χ0v) is 16.1. The summed E-state index contributed by atoms with van der Waals surface area (Å²) < 4.78 is 30.5. The molecular formula is C17H20N8O2S. The molecule has 2 saturated heterocycles. The predicted molar refractivity (Wildman–Crippen MR) is 100 cm³/mol. The molecule has 3 aromatic heterocycles. The first kappa shape index (κ1) is 17.3. The Hall–Kier alpha value is -2.79. The second-order valence-electron chi connectivity index (χ2n) is 7.28. The van der Waals surface area contributed by atoms with Gasteiger partial charge in [0.1, 0.15) is 17.0 Å². The molecule has 2 aliphatic rings. The van der Waals surface area contributed by atoms with Gasteiger partial charge in [0.05, 0.1) is 6.20 Å². The normalized spacial score (nSPS) is 22.7. The number of hydrogen-bond acceptors (Lipinski definition) is 7. The maximum absolute atomic E-state index is 12.8. The summed E-state index contributed by atoms with van der Waals surface area (Å²) in [5.74, 6) is 2.13. The van der Waals surface area contributed by atoms with Crippen LogP contribution in [-0.2, 0) is 17.1 Å².